The van der Waals surface area contributed by atoms with Crippen molar-refractivity contribution in [2.75, 3.05) is 18.0 Å². The average molecular weight is 305 g/mol. The van der Waals surface area contributed by atoms with Gasteiger partial charge in [0.05, 0.1) is 17.4 Å². The summed E-state index contributed by atoms with van der Waals surface area (Å²) in [4.78, 5) is 18.9. The lowest BCUT2D eigenvalue weighted by Crippen LogP contribution is -2.58. The molecule has 1 atom stereocenters. The summed E-state index contributed by atoms with van der Waals surface area (Å²) in [6.07, 6.45) is 5.92. The van der Waals surface area contributed by atoms with E-state index in [0.717, 1.165) is 50.2 Å². The van der Waals surface area contributed by atoms with Crippen LogP contribution in [-0.2, 0) is 4.79 Å². The summed E-state index contributed by atoms with van der Waals surface area (Å²) in [6, 6.07) is 3.96. The third-order valence-electron chi connectivity index (χ3n) is 4.09. The minimum atomic E-state index is -0.289. The molecule has 0 aromatic carbocycles. The number of carbonyl (C=O) groups is 1. The monoisotopic (exact) mass is 305 g/mol. The van der Waals surface area contributed by atoms with E-state index in [1.54, 1.807) is 6.20 Å². The van der Waals surface area contributed by atoms with Gasteiger partial charge in [-0.3, -0.25) is 9.78 Å². The maximum Gasteiger partial charge on any atom is 0.247 e. The Labute approximate surface area is 135 Å². The summed E-state index contributed by atoms with van der Waals surface area (Å²) < 4.78 is 0. The van der Waals surface area contributed by atoms with Crippen molar-refractivity contribution >= 4 is 11.6 Å². The van der Waals surface area contributed by atoms with Crippen LogP contribution in [0.4, 0.5) is 5.69 Å². The smallest absolute Gasteiger partial charge is 0.247 e. The van der Waals surface area contributed by atoms with E-state index in [1.807, 2.05) is 51.7 Å². The molecule has 4 nitrogen and oxygen atoms in total. The predicted octanol–water partition coefficient (Wildman–Crippen LogP) is 3.69. The van der Waals surface area contributed by atoms with E-state index in [9.17, 15) is 4.79 Å². The number of pyridine rings is 1. The lowest BCUT2D eigenvalue weighted by atomic mass is 9.86. The van der Waals surface area contributed by atoms with E-state index in [-0.39, 0.29) is 11.4 Å². The molecule has 1 aromatic rings. The minimum Gasteiger partial charge on any atom is -0.309 e. The fourth-order valence-electron chi connectivity index (χ4n) is 3.07. The van der Waals surface area contributed by atoms with E-state index in [2.05, 4.69) is 10.3 Å². The maximum absolute atomic E-state index is 12.7. The summed E-state index contributed by atoms with van der Waals surface area (Å²) in [5.74, 6) is 0.233. The number of rotatable bonds is 1. The molecule has 2 saturated heterocycles. The van der Waals surface area contributed by atoms with Gasteiger partial charge < -0.3 is 10.2 Å². The molecule has 1 aromatic heterocycles. The molecule has 0 radical (unpaired) electrons. The second-order valence-corrected chi connectivity index (χ2v) is 5.33. The van der Waals surface area contributed by atoms with Crippen LogP contribution in [0.5, 0.6) is 0 Å². The number of carbonyl (C=O) groups excluding carboxylic acids is 1. The molecule has 0 aliphatic carbocycles. The first-order chi connectivity index (χ1) is 10.7. The Balaban J connectivity index is 0.000000561. The van der Waals surface area contributed by atoms with Crippen LogP contribution >= 0.6 is 0 Å². The van der Waals surface area contributed by atoms with Crippen molar-refractivity contribution in [3.05, 3.63) is 24.0 Å². The van der Waals surface area contributed by atoms with Gasteiger partial charge in [-0.25, -0.2) is 0 Å². The van der Waals surface area contributed by atoms with Crippen molar-refractivity contribution in [2.45, 2.75) is 65.8 Å². The minimum absolute atomic E-state index is 0.233. The van der Waals surface area contributed by atoms with Crippen LogP contribution in [0.15, 0.2) is 18.3 Å². The number of amides is 1. The summed E-state index contributed by atoms with van der Waals surface area (Å²) in [7, 11) is 0. The fraction of sp³-hybridized carbons (Fsp3) is 0.667. The Morgan fingerprint density at radius 1 is 1.14 bits per heavy atom. The first-order valence-electron chi connectivity index (χ1n) is 8.71. The Morgan fingerprint density at radius 2 is 1.82 bits per heavy atom. The molecule has 124 valence electrons. The summed E-state index contributed by atoms with van der Waals surface area (Å²) in [5.41, 5.74) is 1.62. The highest BCUT2D eigenvalue weighted by Crippen LogP contribution is 2.33. The molecule has 0 bridgehead atoms. The topological polar surface area (TPSA) is 45.2 Å². The fourth-order valence-corrected chi connectivity index (χ4v) is 3.07. The van der Waals surface area contributed by atoms with Crippen LogP contribution in [0.3, 0.4) is 0 Å². The molecule has 4 heteroatoms. The van der Waals surface area contributed by atoms with E-state index in [0.29, 0.717) is 0 Å². The Morgan fingerprint density at radius 3 is 2.36 bits per heavy atom. The number of piperidine rings is 1. The molecular formula is C18H31N3O. The molecule has 2 fully saturated rings. The first kappa shape index (κ1) is 18.6. The Bertz CT molecular complexity index is 450. The van der Waals surface area contributed by atoms with Crippen molar-refractivity contribution < 1.29 is 4.79 Å². The zero-order chi connectivity index (χ0) is 16.6. The molecule has 22 heavy (non-hydrogen) atoms. The zero-order valence-electron chi connectivity index (χ0n) is 14.8. The lowest BCUT2D eigenvalue weighted by Gasteiger charge is -2.39. The molecule has 0 saturated carbocycles. The van der Waals surface area contributed by atoms with Crippen molar-refractivity contribution in [2.24, 2.45) is 0 Å². The number of aryl methyl sites for hydroxylation is 1. The predicted molar refractivity (Wildman–Crippen MR) is 93.2 cm³/mol. The van der Waals surface area contributed by atoms with Crippen LogP contribution in [-0.4, -0.2) is 29.5 Å². The molecule has 3 rings (SSSR count). The van der Waals surface area contributed by atoms with Crippen molar-refractivity contribution in [3.63, 3.8) is 0 Å². The van der Waals surface area contributed by atoms with Crippen LogP contribution in [0.25, 0.3) is 0 Å². The summed E-state index contributed by atoms with van der Waals surface area (Å²) in [6.45, 7) is 11.7. The highest BCUT2D eigenvalue weighted by Gasteiger charge is 2.45. The van der Waals surface area contributed by atoms with Crippen LogP contribution in [0.2, 0.25) is 0 Å². The molecule has 2 aliphatic heterocycles. The van der Waals surface area contributed by atoms with Crippen LogP contribution in [0, 0.1) is 6.92 Å². The van der Waals surface area contributed by atoms with Crippen molar-refractivity contribution in [1.29, 1.82) is 0 Å². The standard InChI is InChI=1S/C14H19N3O.2C2H6/c1-11-4-5-12(10-15-11)17-9-3-7-14(13(17)18)6-2-8-16-14;2*1-2/h4-5,10,16H,2-3,6-9H2,1H3;2*1-2H3. The molecule has 1 N–H and O–H groups in total. The van der Waals surface area contributed by atoms with Gasteiger partial charge in [-0.15, -0.1) is 0 Å². The van der Waals surface area contributed by atoms with Gasteiger partial charge in [0.1, 0.15) is 0 Å². The quantitative estimate of drug-likeness (QED) is 0.860. The van der Waals surface area contributed by atoms with E-state index >= 15 is 0 Å². The highest BCUT2D eigenvalue weighted by molar-refractivity contribution is 6.01. The third-order valence-corrected chi connectivity index (χ3v) is 4.09. The highest BCUT2D eigenvalue weighted by atomic mass is 16.2. The van der Waals surface area contributed by atoms with Gasteiger partial charge in [0.25, 0.3) is 0 Å². The molecule has 1 unspecified atom stereocenters. The number of hydrogen-bond acceptors (Lipinski definition) is 3. The van der Waals surface area contributed by atoms with Crippen molar-refractivity contribution in [3.8, 4) is 0 Å². The molecule has 2 aliphatic rings. The zero-order valence-corrected chi connectivity index (χ0v) is 14.8. The third kappa shape index (κ3) is 3.86. The first-order valence-corrected chi connectivity index (χ1v) is 8.71. The van der Waals surface area contributed by atoms with Gasteiger partial charge in [-0.05, 0) is 51.3 Å². The SMILES string of the molecule is CC.CC.Cc1ccc(N2CCCC3(CCCN3)C2=O)cn1. The normalized spacial score (nSPS) is 23.5. The average Bonchev–Trinajstić information content (AvgIpc) is 3.05. The van der Waals surface area contributed by atoms with Gasteiger partial charge in [0.15, 0.2) is 0 Å². The largest absolute Gasteiger partial charge is 0.309 e. The van der Waals surface area contributed by atoms with Gasteiger partial charge in [0.2, 0.25) is 5.91 Å². The van der Waals surface area contributed by atoms with Crippen LogP contribution < -0.4 is 10.2 Å². The van der Waals surface area contributed by atoms with Gasteiger partial charge in [0, 0.05) is 12.2 Å². The summed E-state index contributed by atoms with van der Waals surface area (Å²) in [5, 5.41) is 3.42. The van der Waals surface area contributed by atoms with Crippen molar-refractivity contribution in [1.82, 2.24) is 10.3 Å². The molecular weight excluding hydrogens is 274 g/mol. The van der Waals surface area contributed by atoms with E-state index in [1.165, 1.54) is 0 Å². The van der Waals surface area contributed by atoms with E-state index in [4.69, 9.17) is 0 Å². The lowest BCUT2D eigenvalue weighted by molar-refractivity contribution is -0.126. The van der Waals surface area contributed by atoms with Crippen LogP contribution in [0.1, 0.15) is 59.1 Å². The van der Waals surface area contributed by atoms with Gasteiger partial charge in [-0.2, -0.15) is 0 Å². The molecule has 3 heterocycles. The molecule has 1 amide bonds. The second kappa shape index (κ2) is 8.89. The maximum atomic E-state index is 12.7. The Hall–Kier alpha value is -1.42. The number of nitrogens with zero attached hydrogens (tertiary/aromatic N) is 2. The van der Waals surface area contributed by atoms with Gasteiger partial charge in [-0.1, -0.05) is 27.7 Å². The van der Waals surface area contributed by atoms with E-state index < -0.39 is 0 Å². The number of aromatic nitrogens is 1. The van der Waals surface area contributed by atoms with Gasteiger partial charge >= 0.3 is 0 Å². The second-order valence-electron chi connectivity index (χ2n) is 5.33. The molecule has 1 spiro atoms. The Kier molecular flexibility index (Phi) is 7.52. The number of hydrogen-bond donors (Lipinski definition) is 1. The summed E-state index contributed by atoms with van der Waals surface area (Å²) >= 11 is 0. The number of nitrogens with one attached hydrogen (secondary N) is 1. The number of anilines is 1.